The van der Waals surface area contributed by atoms with Crippen molar-refractivity contribution >= 4 is 32.2 Å². The number of nitrogens with one attached hydrogen (secondary N) is 2. The predicted molar refractivity (Wildman–Crippen MR) is 125 cm³/mol. The second-order valence-electron chi connectivity index (χ2n) is 9.12. The van der Waals surface area contributed by atoms with Crippen molar-refractivity contribution in [3.05, 3.63) is 46.9 Å². The molecule has 33 heavy (non-hydrogen) atoms. The highest BCUT2D eigenvalue weighted by Gasteiger charge is 2.31. The molecule has 0 amide bonds. The van der Waals surface area contributed by atoms with E-state index in [1.165, 1.54) is 0 Å². The molecule has 1 saturated heterocycles. The quantitative estimate of drug-likeness (QED) is 0.598. The number of anilines is 2. The maximum atomic E-state index is 12.7. The Balaban J connectivity index is 1.74. The molecule has 1 aliphatic heterocycles. The minimum absolute atomic E-state index is 0.225. The standard InChI is InChI=1S/C23H27N5O4S/c1-23(2,3)33(30,31)17-6-4-16(5-7-17)26-21-20-19(8-11-25-22(20)29)28(27-21)18-10-13-32-12-9-15(18)14-24/h4-8,11,15,18H,9-10,12-13H2,1-3H3,(H,25,29)(H,26,27)/t15-,18-/m0/s1. The van der Waals surface area contributed by atoms with Gasteiger partial charge in [0.05, 0.1) is 33.2 Å². The number of fused-ring (bicyclic) bond motifs is 1. The molecule has 0 saturated carbocycles. The number of aromatic amines is 1. The highest BCUT2D eigenvalue weighted by molar-refractivity contribution is 7.92. The van der Waals surface area contributed by atoms with Gasteiger partial charge in [-0.2, -0.15) is 10.4 Å². The summed E-state index contributed by atoms with van der Waals surface area (Å²) >= 11 is 0. The Bertz CT molecular complexity index is 1360. The molecule has 2 atom stereocenters. The van der Waals surface area contributed by atoms with Gasteiger partial charge in [-0.15, -0.1) is 0 Å². The summed E-state index contributed by atoms with van der Waals surface area (Å²) in [6, 6.07) is 10.3. The van der Waals surface area contributed by atoms with E-state index in [4.69, 9.17) is 4.74 Å². The van der Waals surface area contributed by atoms with Crippen molar-refractivity contribution in [2.45, 2.75) is 49.3 Å². The number of nitrogens with zero attached hydrogens (tertiary/aromatic N) is 3. The number of nitriles is 1. The minimum atomic E-state index is -3.48. The average molecular weight is 470 g/mol. The fourth-order valence-electron chi connectivity index (χ4n) is 4.00. The predicted octanol–water partition coefficient (Wildman–Crippen LogP) is 3.53. The second-order valence-corrected chi connectivity index (χ2v) is 11.8. The van der Waals surface area contributed by atoms with Crippen LogP contribution in [0.1, 0.15) is 39.7 Å². The molecule has 0 aliphatic carbocycles. The fraction of sp³-hybridized carbons (Fsp3) is 0.435. The molecule has 2 N–H and O–H groups in total. The van der Waals surface area contributed by atoms with Crippen LogP contribution in [0.15, 0.2) is 46.2 Å². The Hall–Kier alpha value is -3.16. The highest BCUT2D eigenvalue weighted by atomic mass is 32.2. The molecule has 0 bridgehead atoms. The molecule has 3 heterocycles. The molecule has 174 valence electrons. The van der Waals surface area contributed by atoms with Gasteiger partial charge in [-0.3, -0.25) is 9.48 Å². The summed E-state index contributed by atoms with van der Waals surface area (Å²) in [4.78, 5) is 15.6. The van der Waals surface area contributed by atoms with Crippen LogP contribution in [0.25, 0.3) is 10.9 Å². The number of hydrogen-bond donors (Lipinski definition) is 2. The number of aromatic nitrogens is 3. The maximum Gasteiger partial charge on any atom is 0.261 e. The van der Waals surface area contributed by atoms with Crippen molar-refractivity contribution in [1.29, 1.82) is 5.26 Å². The van der Waals surface area contributed by atoms with Crippen LogP contribution in [0.2, 0.25) is 0 Å². The Morgan fingerprint density at radius 2 is 1.88 bits per heavy atom. The summed E-state index contributed by atoms with van der Waals surface area (Å²) < 4.78 is 31.8. The molecular formula is C23H27N5O4S. The van der Waals surface area contributed by atoms with Gasteiger partial charge in [0.2, 0.25) is 0 Å². The topological polar surface area (TPSA) is 130 Å². The Kier molecular flexibility index (Phi) is 6.03. The molecule has 1 aliphatic rings. The van der Waals surface area contributed by atoms with Crippen LogP contribution in [0.4, 0.5) is 11.5 Å². The average Bonchev–Trinajstić information content (AvgIpc) is 2.97. The van der Waals surface area contributed by atoms with Crippen molar-refractivity contribution in [3.63, 3.8) is 0 Å². The normalized spacial score (nSPS) is 19.7. The summed E-state index contributed by atoms with van der Waals surface area (Å²) in [5, 5.41) is 17.9. The van der Waals surface area contributed by atoms with Gasteiger partial charge in [0.25, 0.3) is 5.56 Å². The van der Waals surface area contributed by atoms with Gasteiger partial charge < -0.3 is 15.0 Å². The number of rotatable bonds is 4. The third kappa shape index (κ3) is 4.26. The summed E-state index contributed by atoms with van der Waals surface area (Å²) in [6.45, 7) is 6.01. The molecule has 3 aromatic rings. The lowest BCUT2D eigenvalue weighted by Gasteiger charge is -2.20. The van der Waals surface area contributed by atoms with Gasteiger partial charge in [-0.05, 0) is 63.9 Å². The van der Waals surface area contributed by atoms with Crippen LogP contribution < -0.4 is 10.9 Å². The first-order valence-electron chi connectivity index (χ1n) is 10.8. The van der Waals surface area contributed by atoms with E-state index in [1.54, 1.807) is 62.0 Å². The first kappa shape index (κ1) is 23.0. The largest absolute Gasteiger partial charge is 0.381 e. The summed E-state index contributed by atoms with van der Waals surface area (Å²) in [6.07, 6.45) is 2.77. The third-order valence-electron chi connectivity index (χ3n) is 5.94. The number of benzene rings is 1. The zero-order valence-electron chi connectivity index (χ0n) is 18.8. The smallest absolute Gasteiger partial charge is 0.261 e. The van der Waals surface area contributed by atoms with Gasteiger partial charge in [0.1, 0.15) is 5.39 Å². The summed E-state index contributed by atoms with van der Waals surface area (Å²) in [7, 11) is -3.48. The fourth-order valence-corrected chi connectivity index (χ4v) is 5.20. The molecule has 0 unspecified atom stereocenters. The van der Waals surface area contributed by atoms with Gasteiger partial charge in [0, 0.05) is 25.1 Å². The first-order valence-corrected chi connectivity index (χ1v) is 12.3. The van der Waals surface area contributed by atoms with Crippen molar-refractivity contribution in [2.75, 3.05) is 18.5 Å². The Labute approximate surface area is 192 Å². The maximum absolute atomic E-state index is 12.7. The molecule has 9 nitrogen and oxygen atoms in total. The van der Waals surface area contributed by atoms with E-state index in [0.717, 1.165) is 0 Å². The molecule has 1 aromatic carbocycles. The van der Waals surface area contributed by atoms with Crippen LogP contribution in [0.3, 0.4) is 0 Å². The lowest BCUT2D eigenvalue weighted by atomic mass is 9.96. The van der Waals surface area contributed by atoms with Crippen molar-refractivity contribution in [3.8, 4) is 6.07 Å². The zero-order chi connectivity index (χ0) is 23.8. The SMILES string of the molecule is CC(C)(C)S(=O)(=O)c1ccc(Nc2nn([C@H]3CCOCC[C@H]3C#N)c3cc[nH]c(=O)c23)cc1. The van der Waals surface area contributed by atoms with E-state index in [2.05, 4.69) is 21.5 Å². The Morgan fingerprint density at radius 3 is 2.55 bits per heavy atom. The molecule has 10 heteroatoms. The number of hydrogen-bond acceptors (Lipinski definition) is 7. The van der Waals surface area contributed by atoms with Gasteiger partial charge in [-0.1, -0.05) is 0 Å². The number of pyridine rings is 1. The molecule has 2 aromatic heterocycles. The van der Waals surface area contributed by atoms with E-state index in [9.17, 15) is 18.5 Å². The van der Waals surface area contributed by atoms with E-state index in [1.807, 2.05) is 0 Å². The number of H-pyrrole nitrogens is 1. The van der Waals surface area contributed by atoms with Crippen molar-refractivity contribution < 1.29 is 13.2 Å². The molecular weight excluding hydrogens is 442 g/mol. The highest BCUT2D eigenvalue weighted by Crippen LogP contribution is 2.33. The first-order chi connectivity index (χ1) is 15.6. The van der Waals surface area contributed by atoms with E-state index >= 15 is 0 Å². The van der Waals surface area contributed by atoms with Crippen LogP contribution in [-0.2, 0) is 14.6 Å². The van der Waals surface area contributed by atoms with Crippen LogP contribution >= 0.6 is 0 Å². The van der Waals surface area contributed by atoms with Gasteiger partial charge >= 0.3 is 0 Å². The van der Waals surface area contributed by atoms with Gasteiger partial charge in [0.15, 0.2) is 15.7 Å². The number of ether oxygens (including phenoxy) is 1. The summed E-state index contributed by atoms with van der Waals surface area (Å²) in [5.74, 6) is 0.0600. The Morgan fingerprint density at radius 1 is 1.18 bits per heavy atom. The second kappa shape index (κ2) is 8.65. The van der Waals surface area contributed by atoms with E-state index < -0.39 is 14.6 Å². The molecule has 0 radical (unpaired) electrons. The lowest BCUT2D eigenvalue weighted by molar-refractivity contribution is 0.141. The molecule has 1 fully saturated rings. The lowest BCUT2D eigenvalue weighted by Crippen LogP contribution is -2.27. The zero-order valence-corrected chi connectivity index (χ0v) is 19.6. The molecule has 4 rings (SSSR count). The number of sulfone groups is 1. The third-order valence-corrected chi connectivity index (χ3v) is 8.44. The summed E-state index contributed by atoms with van der Waals surface area (Å²) in [5.41, 5.74) is 0.922. The van der Waals surface area contributed by atoms with Crippen LogP contribution in [0, 0.1) is 17.2 Å². The van der Waals surface area contributed by atoms with Crippen LogP contribution in [0.5, 0.6) is 0 Å². The minimum Gasteiger partial charge on any atom is -0.381 e. The van der Waals surface area contributed by atoms with Gasteiger partial charge in [-0.25, -0.2) is 8.42 Å². The van der Waals surface area contributed by atoms with Crippen LogP contribution in [-0.4, -0.2) is 41.1 Å². The van der Waals surface area contributed by atoms with E-state index in [-0.39, 0.29) is 22.4 Å². The monoisotopic (exact) mass is 469 g/mol. The van der Waals surface area contributed by atoms with Crippen molar-refractivity contribution in [2.24, 2.45) is 5.92 Å². The van der Waals surface area contributed by atoms with Crippen molar-refractivity contribution in [1.82, 2.24) is 14.8 Å². The molecule has 0 spiro atoms. The van der Waals surface area contributed by atoms with E-state index in [0.29, 0.717) is 48.5 Å².